The molecule has 0 saturated carbocycles. The number of benzene rings is 1. The molecular formula is C22H26N6O6. The Morgan fingerprint density at radius 2 is 2.00 bits per heavy atom. The number of carbonyl (C=O) groups is 1. The fourth-order valence-corrected chi connectivity index (χ4v) is 3.73. The molecule has 1 amide bonds. The SMILES string of the molecule is CC(C)c1cc(O)c(O)c(C(=O)NC/C=C/[C@H]2O[C@@H](n3cnc4c(N)ncnc43)[C@H](O)[C@@H]2O)c1. The van der Waals surface area contributed by atoms with Gasteiger partial charge in [-0.15, -0.1) is 0 Å². The standard InChI is InChI=1S/C22H26N6O6/c1-10(2)11-6-12(16(30)13(29)7-11)21(33)24-5-3-4-14-17(31)18(32)22(34-14)28-9-27-15-19(23)25-8-26-20(15)28/h3-4,6-10,14,17-18,22,29-32H,5H2,1-2H3,(H,24,33)(H2,23,25,26)/b4-3+/t14-,17-,18-,22-/m1/s1. The number of nitrogen functional groups attached to an aromatic ring is 1. The summed E-state index contributed by atoms with van der Waals surface area (Å²) in [5, 5.41) is 43.5. The number of aromatic nitrogens is 4. The number of aliphatic hydroxyl groups excluding tert-OH is 2. The Bertz CT molecular complexity index is 1240. The van der Waals surface area contributed by atoms with Crippen molar-refractivity contribution < 1.29 is 30.0 Å². The van der Waals surface area contributed by atoms with Crippen molar-refractivity contribution in [3.63, 3.8) is 0 Å². The van der Waals surface area contributed by atoms with Crippen LogP contribution in [0, 0.1) is 0 Å². The number of aromatic hydroxyl groups is 2. The molecule has 1 fully saturated rings. The summed E-state index contributed by atoms with van der Waals surface area (Å²) in [5.41, 5.74) is 7.16. The summed E-state index contributed by atoms with van der Waals surface area (Å²) in [4.78, 5) is 24.6. The van der Waals surface area contributed by atoms with E-state index in [0.29, 0.717) is 16.7 Å². The van der Waals surface area contributed by atoms with Gasteiger partial charge in [0.1, 0.15) is 30.2 Å². The van der Waals surface area contributed by atoms with Crippen LogP contribution in [0.25, 0.3) is 11.2 Å². The number of carbonyl (C=O) groups excluding carboxylic acids is 1. The predicted octanol–water partition coefficient (Wildman–Crippen LogP) is 0.548. The Hall–Kier alpha value is -3.74. The summed E-state index contributed by atoms with van der Waals surface area (Å²) < 4.78 is 7.26. The fraction of sp³-hybridized carbons (Fsp3) is 0.364. The Balaban J connectivity index is 1.42. The zero-order valence-corrected chi connectivity index (χ0v) is 18.5. The zero-order valence-electron chi connectivity index (χ0n) is 18.5. The van der Waals surface area contributed by atoms with Gasteiger partial charge in [-0.3, -0.25) is 9.36 Å². The molecule has 1 saturated heterocycles. The number of hydrogen-bond acceptors (Lipinski definition) is 10. The third-order valence-electron chi connectivity index (χ3n) is 5.67. The van der Waals surface area contributed by atoms with E-state index in [1.165, 1.54) is 35.4 Å². The number of fused-ring (bicyclic) bond motifs is 1. The van der Waals surface area contributed by atoms with Gasteiger partial charge in [-0.05, 0) is 23.6 Å². The van der Waals surface area contributed by atoms with Crippen molar-refractivity contribution in [2.24, 2.45) is 0 Å². The molecule has 0 aliphatic carbocycles. The number of phenols is 2. The Kier molecular flexibility index (Phi) is 6.37. The first kappa shape index (κ1) is 23.4. The number of nitrogens with one attached hydrogen (secondary N) is 1. The van der Waals surface area contributed by atoms with Crippen LogP contribution in [0.4, 0.5) is 5.82 Å². The van der Waals surface area contributed by atoms with E-state index in [0.717, 1.165) is 0 Å². The van der Waals surface area contributed by atoms with Crippen LogP contribution >= 0.6 is 0 Å². The number of amides is 1. The van der Waals surface area contributed by atoms with Crippen LogP contribution in [0.5, 0.6) is 11.5 Å². The summed E-state index contributed by atoms with van der Waals surface area (Å²) >= 11 is 0. The van der Waals surface area contributed by atoms with Crippen molar-refractivity contribution in [3.8, 4) is 11.5 Å². The van der Waals surface area contributed by atoms with E-state index >= 15 is 0 Å². The van der Waals surface area contributed by atoms with E-state index in [1.54, 1.807) is 6.08 Å². The van der Waals surface area contributed by atoms with Crippen LogP contribution in [0.2, 0.25) is 0 Å². The lowest BCUT2D eigenvalue weighted by Gasteiger charge is -2.16. The van der Waals surface area contributed by atoms with Crippen LogP contribution in [-0.2, 0) is 4.74 Å². The van der Waals surface area contributed by atoms with Gasteiger partial charge in [0.2, 0.25) is 0 Å². The number of aliphatic hydroxyl groups is 2. The van der Waals surface area contributed by atoms with Gasteiger partial charge in [-0.1, -0.05) is 26.0 Å². The quantitative estimate of drug-likeness (QED) is 0.219. The Morgan fingerprint density at radius 3 is 2.74 bits per heavy atom. The molecule has 0 unspecified atom stereocenters. The minimum absolute atomic E-state index is 0.0435. The van der Waals surface area contributed by atoms with Crippen LogP contribution in [0.15, 0.2) is 36.9 Å². The highest BCUT2D eigenvalue weighted by molar-refractivity contribution is 5.98. The maximum absolute atomic E-state index is 12.5. The Labute approximate surface area is 194 Å². The lowest BCUT2D eigenvalue weighted by Crippen LogP contribution is -2.31. The first-order chi connectivity index (χ1) is 16.2. The molecule has 180 valence electrons. The molecule has 3 heterocycles. The molecule has 7 N–H and O–H groups in total. The molecule has 2 aromatic heterocycles. The number of anilines is 1. The molecule has 0 bridgehead atoms. The minimum Gasteiger partial charge on any atom is -0.504 e. The van der Waals surface area contributed by atoms with Gasteiger partial charge >= 0.3 is 0 Å². The van der Waals surface area contributed by atoms with E-state index in [4.69, 9.17) is 10.5 Å². The van der Waals surface area contributed by atoms with E-state index in [2.05, 4.69) is 20.3 Å². The van der Waals surface area contributed by atoms with Crippen molar-refractivity contribution >= 4 is 22.9 Å². The topological polar surface area (TPSA) is 189 Å². The third kappa shape index (κ3) is 4.25. The summed E-state index contributed by atoms with van der Waals surface area (Å²) in [6, 6.07) is 2.94. The highest BCUT2D eigenvalue weighted by atomic mass is 16.6. The number of nitrogens with zero attached hydrogens (tertiary/aromatic N) is 4. The molecule has 1 aliphatic heterocycles. The molecule has 12 nitrogen and oxygen atoms in total. The summed E-state index contributed by atoms with van der Waals surface area (Å²) in [6.45, 7) is 3.86. The number of hydrogen-bond donors (Lipinski definition) is 6. The summed E-state index contributed by atoms with van der Waals surface area (Å²) in [7, 11) is 0. The molecule has 4 atom stereocenters. The van der Waals surface area contributed by atoms with Crippen molar-refractivity contribution in [2.75, 3.05) is 12.3 Å². The van der Waals surface area contributed by atoms with Crippen LogP contribution in [0.3, 0.4) is 0 Å². The number of rotatable bonds is 6. The zero-order chi connectivity index (χ0) is 24.6. The predicted molar refractivity (Wildman–Crippen MR) is 121 cm³/mol. The van der Waals surface area contributed by atoms with E-state index in [1.807, 2.05) is 13.8 Å². The molecule has 0 spiro atoms. The number of ether oxygens (including phenoxy) is 1. The van der Waals surface area contributed by atoms with Gasteiger partial charge in [-0.2, -0.15) is 0 Å². The minimum atomic E-state index is -1.27. The van der Waals surface area contributed by atoms with Crippen molar-refractivity contribution in [3.05, 3.63) is 48.1 Å². The maximum Gasteiger partial charge on any atom is 0.255 e. The highest BCUT2D eigenvalue weighted by Crippen LogP contribution is 2.34. The number of phenolic OH excluding ortho intramolecular Hbond substituents is 2. The normalized spacial score (nSPS) is 22.7. The van der Waals surface area contributed by atoms with Crippen LogP contribution in [0.1, 0.15) is 41.9 Å². The summed E-state index contributed by atoms with van der Waals surface area (Å²) in [5.74, 6) is -1.21. The largest absolute Gasteiger partial charge is 0.504 e. The van der Waals surface area contributed by atoms with Crippen molar-refractivity contribution in [2.45, 2.75) is 44.3 Å². The molecule has 12 heteroatoms. The first-order valence-electron chi connectivity index (χ1n) is 10.6. The maximum atomic E-state index is 12.5. The molecule has 34 heavy (non-hydrogen) atoms. The van der Waals surface area contributed by atoms with Crippen molar-refractivity contribution in [1.82, 2.24) is 24.8 Å². The molecule has 1 aromatic carbocycles. The van der Waals surface area contributed by atoms with Crippen LogP contribution in [-0.4, -0.2) is 70.7 Å². The highest BCUT2D eigenvalue weighted by Gasteiger charge is 2.43. The summed E-state index contributed by atoms with van der Waals surface area (Å²) in [6.07, 6.45) is 1.40. The smallest absolute Gasteiger partial charge is 0.255 e. The number of nitrogens with two attached hydrogens (primary N) is 1. The molecule has 0 radical (unpaired) electrons. The second kappa shape index (κ2) is 9.25. The second-order valence-corrected chi connectivity index (χ2v) is 8.28. The molecule has 1 aliphatic rings. The van der Waals surface area contributed by atoms with E-state index in [9.17, 15) is 25.2 Å². The average Bonchev–Trinajstić information content (AvgIpc) is 3.35. The molecule has 3 aromatic rings. The molecular weight excluding hydrogens is 444 g/mol. The fourth-order valence-electron chi connectivity index (χ4n) is 3.73. The van der Waals surface area contributed by atoms with Gasteiger partial charge in [0.15, 0.2) is 29.2 Å². The lowest BCUT2D eigenvalue weighted by atomic mass is 9.99. The van der Waals surface area contributed by atoms with Gasteiger partial charge in [0.05, 0.1) is 11.9 Å². The third-order valence-corrected chi connectivity index (χ3v) is 5.67. The van der Waals surface area contributed by atoms with Gasteiger partial charge < -0.3 is 36.2 Å². The van der Waals surface area contributed by atoms with Gasteiger partial charge in [-0.25, -0.2) is 15.0 Å². The average molecular weight is 470 g/mol. The van der Waals surface area contributed by atoms with E-state index < -0.39 is 36.2 Å². The van der Waals surface area contributed by atoms with Gasteiger partial charge in [0.25, 0.3) is 5.91 Å². The van der Waals surface area contributed by atoms with Gasteiger partial charge in [0, 0.05) is 6.54 Å². The first-order valence-corrected chi connectivity index (χ1v) is 10.6. The molecule has 4 rings (SSSR count). The number of imidazole rings is 1. The van der Waals surface area contributed by atoms with Crippen molar-refractivity contribution in [1.29, 1.82) is 0 Å². The van der Waals surface area contributed by atoms with Crippen LogP contribution < -0.4 is 11.1 Å². The second-order valence-electron chi connectivity index (χ2n) is 8.28. The van der Waals surface area contributed by atoms with E-state index in [-0.39, 0.29) is 29.6 Å². The Morgan fingerprint density at radius 1 is 1.24 bits per heavy atom. The monoisotopic (exact) mass is 470 g/mol. The lowest BCUT2D eigenvalue weighted by molar-refractivity contribution is -0.0245.